The van der Waals surface area contributed by atoms with Gasteiger partial charge in [-0.2, -0.15) is 18.3 Å². The fraction of sp³-hybridized carbons (Fsp3) is 0.172. The first-order chi connectivity index (χ1) is 18.8. The zero-order chi connectivity index (χ0) is 27.0. The molecule has 0 atom stereocenters. The second kappa shape index (κ2) is 9.95. The molecule has 0 spiro atoms. The molecule has 2 aromatic carbocycles. The highest BCUT2D eigenvalue weighted by molar-refractivity contribution is 5.62. The summed E-state index contributed by atoms with van der Waals surface area (Å²) < 4.78 is 40.6. The van der Waals surface area contributed by atoms with Crippen LogP contribution in [0.25, 0.3) is 28.3 Å². The molecule has 0 aliphatic carbocycles. The third kappa shape index (κ3) is 5.10. The number of pyridine rings is 1. The van der Waals surface area contributed by atoms with E-state index in [2.05, 4.69) is 19.9 Å². The molecule has 10 heteroatoms. The molecule has 0 amide bonds. The van der Waals surface area contributed by atoms with Crippen LogP contribution in [0.2, 0.25) is 0 Å². The van der Waals surface area contributed by atoms with E-state index in [0.29, 0.717) is 42.9 Å². The standard InChI is InChI=1S/C29H23F3N6O/c30-29(31,32)22-8-6-20(7-9-22)27-34-25-12-15-37(18-24(25)28(39)35-27)16-21-17-38(23-4-2-1-3-5-23)36-26(21)19-10-13-33-14-11-19/h1-11,13-14,17H,12,15-16,18H2,(H,34,35,39). The van der Waals surface area contributed by atoms with E-state index in [1.165, 1.54) is 12.1 Å². The number of nitrogens with one attached hydrogen (secondary N) is 1. The second-order valence-corrected chi connectivity index (χ2v) is 9.39. The molecule has 4 heterocycles. The van der Waals surface area contributed by atoms with Crippen molar-refractivity contribution >= 4 is 0 Å². The molecule has 1 aliphatic heterocycles. The summed E-state index contributed by atoms with van der Waals surface area (Å²) in [5, 5.41) is 4.86. The van der Waals surface area contributed by atoms with Crippen LogP contribution in [0.15, 0.2) is 90.1 Å². The summed E-state index contributed by atoms with van der Waals surface area (Å²) in [6, 6.07) is 18.3. The van der Waals surface area contributed by atoms with Crippen molar-refractivity contribution in [3.63, 3.8) is 0 Å². The van der Waals surface area contributed by atoms with Crippen molar-refractivity contribution in [2.45, 2.75) is 25.7 Å². The minimum absolute atomic E-state index is 0.269. The van der Waals surface area contributed by atoms with Gasteiger partial charge < -0.3 is 4.98 Å². The van der Waals surface area contributed by atoms with Crippen molar-refractivity contribution in [3.8, 4) is 28.3 Å². The van der Waals surface area contributed by atoms with E-state index in [0.717, 1.165) is 34.6 Å². The number of aromatic amines is 1. The summed E-state index contributed by atoms with van der Waals surface area (Å²) in [6.45, 7) is 1.64. The van der Waals surface area contributed by atoms with Gasteiger partial charge in [0.15, 0.2) is 0 Å². The predicted octanol–water partition coefficient (Wildman–Crippen LogP) is 5.26. The van der Waals surface area contributed by atoms with Crippen LogP contribution in [0, 0.1) is 0 Å². The minimum Gasteiger partial charge on any atom is -0.306 e. The summed E-state index contributed by atoms with van der Waals surface area (Å²) in [7, 11) is 0. The van der Waals surface area contributed by atoms with Gasteiger partial charge in [0.2, 0.25) is 0 Å². The molecule has 0 saturated heterocycles. The number of aromatic nitrogens is 5. The van der Waals surface area contributed by atoms with Crippen LogP contribution in [-0.2, 0) is 25.7 Å². The number of alkyl halides is 3. The van der Waals surface area contributed by atoms with Crippen molar-refractivity contribution in [3.05, 3.63) is 118 Å². The lowest BCUT2D eigenvalue weighted by molar-refractivity contribution is -0.137. The molecule has 0 bridgehead atoms. The zero-order valence-electron chi connectivity index (χ0n) is 20.7. The molecule has 0 saturated carbocycles. The summed E-state index contributed by atoms with van der Waals surface area (Å²) >= 11 is 0. The molecule has 6 rings (SSSR count). The maximum atomic E-state index is 13.0. The van der Waals surface area contributed by atoms with Crippen molar-refractivity contribution in [1.29, 1.82) is 0 Å². The first kappa shape index (κ1) is 24.7. The van der Waals surface area contributed by atoms with Crippen LogP contribution < -0.4 is 5.56 Å². The van der Waals surface area contributed by atoms with Crippen molar-refractivity contribution < 1.29 is 13.2 Å². The Morgan fingerprint density at radius 2 is 1.67 bits per heavy atom. The number of hydrogen-bond donors (Lipinski definition) is 1. The number of nitrogens with zero attached hydrogens (tertiary/aromatic N) is 5. The average Bonchev–Trinajstić information content (AvgIpc) is 3.37. The normalized spacial score (nSPS) is 13.8. The van der Waals surface area contributed by atoms with E-state index in [-0.39, 0.29) is 11.4 Å². The molecule has 7 nitrogen and oxygen atoms in total. The fourth-order valence-corrected chi connectivity index (χ4v) is 4.80. The van der Waals surface area contributed by atoms with Gasteiger partial charge in [-0.05, 0) is 36.4 Å². The van der Waals surface area contributed by atoms with Gasteiger partial charge in [0.1, 0.15) is 5.82 Å². The van der Waals surface area contributed by atoms with Crippen LogP contribution >= 0.6 is 0 Å². The Morgan fingerprint density at radius 3 is 2.38 bits per heavy atom. The largest absolute Gasteiger partial charge is 0.416 e. The van der Waals surface area contributed by atoms with Crippen LogP contribution in [0.5, 0.6) is 0 Å². The lowest BCUT2D eigenvalue weighted by Crippen LogP contribution is -2.35. The Bertz CT molecular complexity index is 1660. The van der Waals surface area contributed by atoms with Crippen molar-refractivity contribution in [2.75, 3.05) is 6.54 Å². The van der Waals surface area contributed by atoms with Gasteiger partial charge >= 0.3 is 6.18 Å². The Labute approximate surface area is 221 Å². The van der Waals surface area contributed by atoms with E-state index in [1.807, 2.05) is 53.3 Å². The molecule has 1 aliphatic rings. The fourth-order valence-electron chi connectivity index (χ4n) is 4.80. The third-order valence-corrected chi connectivity index (χ3v) is 6.79. The van der Waals surface area contributed by atoms with Crippen molar-refractivity contribution in [1.82, 2.24) is 29.6 Å². The molecule has 5 aromatic rings. The Balaban J connectivity index is 1.27. The highest BCUT2D eigenvalue weighted by Crippen LogP contribution is 2.31. The molecule has 196 valence electrons. The van der Waals surface area contributed by atoms with E-state index in [9.17, 15) is 18.0 Å². The van der Waals surface area contributed by atoms with Gasteiger partial charge in [0.25, 0.3) is 5.56 Å². The number of H-pyrrole nitrogens is 1. The number of hydrogen-bond acceptors (Lipinski definition) is 5. The monoisotopic (exact) mass is 528 g/mol. The first-order valence-electron chi connectivity index (χ1n) is 12.4. The maximum absolute atomic E-state index is 13.0. The summed E-state index contributed by atoms with van der Waals surface area (Å²) in [5.74, 6) is 0.269. The van der Waals surface area contributed by atoms with Gasteiger partial charge in [-0.1, -0.05) is 30.3 Å². The van der Waals surface area contributed by atoms with Crippen LogP contribution in [-0.4, -0.2) is 36.2 Å². The smallest absolute Gasteiger partial charge is 0.306 e. The minimum atomic E-state index is -4.42. The molecule has 0 unspecified atom stereocenters. The van der Waals surface area contributed by atoms with Gasteiger partial charge in [0, 0.05) is 61.3 Å². The molecule has 1 N–H and O–H groups in total. The topological polar surface area (TPSA) is 79.7 Å². The lowest BCUT2D eigenvalue weighted by Gasteiger charge is -2.27. The maximum Gasteiger partial charge on any atom is 0.416 e. The lowest BCUT2D eigenvalue weighted by atomic mass is 10.0. The SMILES string of the molecule is O=c1[nH]c(-c2ccc(C(F)(F)F)cc2)nc2c1CN(Cc1cn(-c3ccccc3)nc1-c1ccncc1)CC2. The molecule has 3 aromatic heterocycles. The molecule has 0 fully saturated rings. The zero-order valence-corrected chi connectivity index (χ0v) is 20.7. The van der Waals surface area contributed by atoms with Crippen LogP contribution in [0.3, 0.4) is 0 Å². The summed E-state index contributed by atoms with van der Waals surface area (Å²) in [6.07, 6.45) is 1.60. The van der Waals surface area contributed by atoms with Crippen molar-refractivity contribution in [2.24, 2.45) is 0 Å². The van der Waals surface area contributed by atoms with Gasteiger partial charge in [0.05, 0.1) is 28.2 Å². The third-order valence-electron chi connectivity index (χ3n) is 6.79. The van der Waals surface area contributed by atoms with E-state index < -0.39 is 11.7 Å². The molecular formula is C29H23F3N6O. The summed E-state index contributed by atoms with van der Waals surface area (Å²) in [5.41, 5.74) is 4.39. The van der Waals surface area contributed by atoms with Gasteiger partial charge in [-0.15, -0.1) is 0 Å². The summed E-state index contributed by atoms with van der Waals surface area (Å²) in [4.78, 5) is 26.7. The van der Waals surface area contributed by atoms with Crippen LogP contribution in [0.1, 0.15) is 22.4 Å². The quantitative estimate of drug-likeness (QED) is 0.337. The van der Waals surface area contributed by atoms with Gasteiger partial charge in [-0.25, -0.2) is 9.67 Å². The Hall–Kier alpha value is -4.57. The van der Waals surface area contributed by atoms with Gasteiger partial charge in [-0.3, -0.25) is 14.7 Å². The highest BCUT2D eigenvalue weighted by atomic mass is 19.4. The number of fused-ring (bicyclic) bond motifs is 1. The predicted molar refractivity (Wildman–Crippen MR) is 140 cm³/mol. The number of halogens is 3. The Kier molecular flexibility index (Phi) is 6.32. The number of benzene rings is 2. The van der Waals surface area contributed by atoms with E-state index in [1.54, 1.807) is 12.4 Å². The van der Waals surface area contributed by atoms with E-state index in [4.69, 9.17) is 5.10 Å². The number of rotatable bonds is 5. The molecule has 39 heavy (non-hydrogen) atoms. The molecule has 0 radical (unpaired) electrons. The van der Waals surface area contributed by atoms with Crippen LogP contribution in [0.4, 0.5) is 13.2 Å². The first-order valence-corrected chi connectivity index (χ1v) is 12.4. The number of para-hydroxylation sites is 1. The second-order valence-electron chi connectivity index (χ2n) is 9.39. The highest BCUT2D eigenvalue weighted by Gasteiger charge is 2.30. The van der Waals surface area contributed by atoms with E-state index >= 15 is 0 Å². The average molecular weight is 529 g/mol. The Morgan fingerprint density at radius 1 is 0.923 bits per heavy atom. The molecular weight excluding hydrogens is 505 g/mol.